The van der Waals surface area contributed by atoms with Gasteiger partial charge in [-0.25, -0.2) is 0 Å². The Hall–Kier alpha value is -2.96. The Morgan fingerprint density at radius 1 is 0.867 bits per heavy atom. The van der Waals surface area contributed by atoms with Crippen LogP contribution >= 0.6 is 0 Å². The normalized spacial score (nSPS) is 15.4. The van der Waals surface area contributed by atoms with Gasteiger partial charge in [-0.15, -0.1) is 0 Å². The van der Waals surface area contributed by atoms with E-state index in [4.69, 9.17) is 23.7 Å². The molecule has 1 heterocycles. The van der Waals surface area contributed by atoms with Gasteiger partial charge in [0, 0.05) is 26.6 Å². The molecule has 0 radical (unpaired) electrons. The molecule has 1 aliphatic rings. The maximum absolute atomic E-state index is 5.84. The molecule has 2 aromatic carbocycles. The van der Waals surface area contributed by atoms with Gasteiger partial charge in [0.15, 0.2) is 23.5 Å². The van der Waals surface area contributed by atoms with E-state index in [0.717, 1.165) is 27.9 Å². The first-order valence-corrected chi connectivity index (χ1v) is 9.82. The molecule has 0 fully saturated rings. The van der Waals surface area contributed by atoms with Gasteiger partial charge in [0.25, 0.3) is 0 Å². The Labute approximate surface area is 176 Å². The molecule has 6 heteroatoms. The summed E-state index contributed by atoms with van der Waals surface area (Å²) in [5, 5.41) is 0.876. The van der Waals surface area contributed by atoms with Crippen LogP contribution in [0.3, 0.4) is 0 Å². The second-order valence-electron chi connectivity index (χ2n) is 7.19. The van der Waals surface area contributed by atoms with Crippen LogP contribution in [0.4, 0.5) is 0 Å². The number of rotatable bonds is 8. The number of methoxy groups -OCH3 is 5. The van der Waals surface area contributed by atoms with E-state index in [2.05, 4.69) is 29.3 Å². The van der Waals surface area contributed by atoms with Crippen LogP contribution in [0.2, 0.25) is 0 Å². The molecule has 0 bridgehead atoms. The summed E-state index contributed by atoms with van der Waals surface area (Å²) in [5.74, 6) is 2.18. The first kappa shape index (κ1) is 20.3. The van der Waals surface area contributed by atoms with Crippen LogP contribution < -0.4 is 14.2 Å². The highest BCUT2D eigenvalue weighted by atomic mass is 16.7. The van der Waals surface area contributed by atoms with Crippen LogP contribution in [-0.2, 0) is 15.9 Å². The molecule has 1 aliphatic carbocycles. The fourth-order valence-corrected chi connectivity index (χ4v) is 4.45. The SMILES string of the molecule is COc1ccc2[nH]c(CC3C(C(OC)OC)=Cc4ccccc43)c(OC)c2c1OC. The molecular formula is C24H27NO5. The van der Waals surface area contributed by atoms with Crippen LogP contribution in [0, 0.1) is 0 Å². The standard InChI is InChI=1S/C24H27NO5/c1-26-20-11-10-18-21(23(20)28-3)22(27-2)19(25-18)13-16-15-9-7-6-8-14(15)12-17(16)24(29-4)30-5/h6-12,16,24-25H,13H2,1-5H3. The minimum Gasteiger partial charge on any atom is -0.494 e. The van der Waals surface area contributed by atoms with Crippen molar-refractivity contribution in [2.75, 3.05) is 35.5 Å². The van der Waals surface area contributed by atoms with E-state index < -0.39 is 6.29 Å². The molecular weight excluding hydrogens is 382 g/mol. The second kappa shape index (κ2) is 8.42. The predicted octanol–water partition coefficient (Wildman–Crippen LogP) is 4.54. The lowest BCUT2D eigenvalue weighted by Gasteiger charge is -2.22. The molecule has 1 unspecified atom stereocenters. The highest BCUT2D eigenvalue weighted by Crippen LogP contribution is 2.46. The van der Waals surface area contributed by atoms with Crippen LogP contribution in [0.15, 0.2) is 42.0 Å². The molecule has 1 atom stereocenters. The molecule has 0 saturated heterocycles. The van der Waals surface area contributed by atoms with Crippen molar-refractivity contribution in [3.8, 4) is 17.2 Å². The highest BCUT2D eigenvalue weighted by molar-refractivity contribution is 5.95. The number of ether oxygens (including phenoxy) is 5. The van der Waals surface area contributed by atoms with Crippen molar-refractivity contribution in [2.45, 2.75) is 18.6 Å². The van der Waals surface area contributed by atoms with Crippen LogP contribution in [-0.4, -0.2) is 46.8 Å². The summed E-state index contributed by atoms with van der Waals surface area (Å²) in [4.78, 5) is 3.52. The number of nitrogens with one attached hydrogen (secondary N) is 1. The number of hydrogen-bond donors (Lipinski definition) is 1. The maximum atomic E-state index is 5.84. The van der Waals surface area contributed by atoms with Gasteiger partial charge in [0.1, 0.15) is 0 Å². The van der Waals surface area contributed by atoms with E-state index in [1.54, 1.807) is 35.5 Å². The lowest BCUT2D eigenvalue weighted by molar-refractivity contribution is -0.0770. The van der Waals surface area contributed by atoms with E-state index in [-0.39, 0.29) is 5.92 Å². The summed E-state index contributed by atoms with van der Waals surface area (Å²) in [7, 11) is 8.27. The lowest BCUT2D eigenvalue weighted by atomic mass is 9.90. The summed E-state index contributed by atoms with van der Waals surface area (Å²) >= 11 is 0. The topological polar surface area (TPSA) is 61.9 Å². The molecule has 0 aliphatic heterocycles. The van der Waals surface area contributed by atoms with Crippen molar-refractivity contribution in [3.63, 3.8) is 0 Å². The number of hydrogen-bond acceptors (Lipinski definition) is 5. The summed E-state index contributed by atoms with van der Waals surface area (Å²) < 4.78 is 28.2. The van der Waals surface area contributed by atoms with Crippen LogP contribution in [0.25, 0.3) is 17.0 Å². The van der Waals surface area contributed by atoms with Gasteiger partial charge in [-0.1, -0.05) is 24.3 Å². The van der Waals surface area contributed by atoms with Crippen molar-refractivity contribution >= 4 is 17.0 Å². The Morgan fingerprint density at radius 3 is 2.27 bits per heavy atom. The number of benzene rings is 2. The average molecular weight is 409 g/mol. The van der Waals surface area contributed by atoms with Gasteiger partial charge in [-0.2, -0.15) is 0 Å². The van der Waals surface area contributed by atoms with Gasteiger partial charge in [0.05, 0.1) is 37.9 Å². The van der Waals surface area contributed by atoms with E-state index in [0.29, 0.717) is 17.9 Å². The number of H-pyrrole nitrogens is 1. The minimum absolute atomic E-state index is 0.0981. The Kier molecular flexibility index (Phi) is 5.70. The summed E-state index contributed by atoms with van der Waals surface area (Å²) in [5.41, 5.74) is 5.44. The van der Waals surface area contributed by atoms with Crippen molar-refractivity contribution in [2.24, 2.45) is 0 Å². The van der Waals surface area contributed by atoms with Crippen LogP contribution in [0.1, 0.15) is 22.7 Å². The fourth-order valence-electron chi connectivity index (χ4n) is 4.45. The smallest absolute Gasteiger partial charge is 0.180 e. The Balaban J connectivity index is 1.82. The third-order valence-corrected chi connectivity index (χ3v) is 5.74. The monoisotopic (exact) mass is 409 g/mol. The molecule has 30 heavy (non-hydrogen) atoms. The molecule has 1 N–H and O–H groups in total. The first-order valence-electron chi connectivity index (χ1n) is 9.82. The molecule has 4 rings (SSSR count). The van der Waals surface area contributed by atoms with E-state index >= 15 is 0 Å². The van der Waals surface area contributed by atoms with Gasteiger partial charge >= 0.3 is 0 Å². The zero-order valence-electron chi connectivity index (χ0n) is 17.9. The minimum atomic E-state index is -0.410. The largest absolute Gasteiger partial charge is 0.494 e. The number of fused-ring (bicyclic) bond motifs is 2. The molecule has 6 nitrogen and oxygen atoms in total. The van der Waals surface area contributed by atoms with Crippen molar-refractivity contribution < 1.29 is 23.7 Å². The first-order chi connectivity index (χ1) is 14.7. The zero-order valence-corrected chi connectivity index (χ0v) is 17.9. The summed E-state index contributed by atoms with van der Waals surface area (Å²) in [6.45, 7) is 0. The molecule has 0 saturated carbocycles. The molecule has 0 spiro atoms. The molecule has 158 valence electrons. The highest BCUT2D eigenvalue weighted by Gasteiger charge is 2.32. The van der Waals surface area contributed by atoms with Crippen molar-refractivity contribution in [1.29, 1.82) is 0 Å². The van der Waals surface area contributed by atoms with Crippen molar-refractivity contribution in [1.82, 2.24) is 4.98 Å². The molecule has 0 amide bonds. The third-order valence-electron chi connectivity index (χ3n) is 5.74. The van der Waals surface area contributed by atoms with E-state index in [9.17, 15) is 0 Å². The zero-order chi connectivity index (χ0) is 21.3. The Morgan fingerprint density at radius 2 is 1.60 bits per heavy atom. The van der Waals surface area contributed by atoms with E-state index in [1.807, 2.05) is 18.2 Å². The van der Waals surface area contributed by atoms with Gasteiger partial charge < -0.3 is 28.7 Å². The second-order valence-corrected chi connectivity index (χ2v) is 7.19. The van der Waals surface area contributed by atoms with Gasteiger partial charge in [-0.05, 0) is 34.9 Å². The maximum Gasteiger partial charge on any atom is 0.180 e. The van der Waals surface area contributed by atoms with E-state index in [1.165, 1.54) is 11.1 Å². The predicted molar refractivity (Wildman–Crippen MR) is 117 cm³/mol. The molecule has 1 aromatic heterocycles. The van der Waals surface area contributed by atoms with Crippen molar-refractivity contribution in [3.05, 3.63) is 58.8 Å². The summed E-state index contributed by atoms with van der Waals surface area (Å²) in [6.07, 6.45) is 2.46. The molecule has 3 aromatic rings. The lowest BCUT2D eigenvalue weighted by Crippen LogP contribution is -2.20. The van der Waals surface area contributed by atoms with Gasteiger partial charge in [0.2, 0.25) is 0 Å². The number of aromatic nitrogens is 1. The van der Waals surface area contributed by atoms with Gasteiger partial charge in [-0.3, -0.25) is 0 Å². The summed E-state index contributed by atoms with van der Waals surface area (Å²) in [6, 6.07) is 12.3. The fraction of sp³-hybridized carbons (Fsp3) is 0.333. The quantitative estimate of drug-likeness (QED) is 0.554. The van der Waals surface area contributed by atoms with Crippen LogP contribution in [0.5, 0.6) is 17.2 Å². The number of aromatic amines is 1. The third kappa shape index (κ3) is 3.22. The Bertz CT molecular complexity index is 1080. The average Bonchev–Trinajstić information content (AvgIpc) is 3.32.